The molecule has 8 heteroatoms. The van der Waals surface area contributed by atoms with Gasteiger partial charge in [-0.3, -0.25) is 0 Å². The van der Waals surface area contributed by atoms with Gasteiger partial charge in [0.2, 0.25) is 0 Å². The Morgan fingerprint density at radius 3 is 2.96 bits per heavy atom. The van der Waals surface area contributed by atoms with Crippen LogP contribution in [0.15, 0.2) is 37.5 Å². The van der Waals surface area contributed by atoms with Crippen molar-refractivity contribution in [1.82, 2.24) is 10.3 Å². The summed E-state index contributed by atoms with van der Waals surface area (Å²) in [5.74, 6) is 1.51. The normalized spacial score (nSPS) is 13.4. The van der Waals surface area contributed by atoms with Gasteiger partial charge in [0.25, 0.3) is 0 Å². The van der Waals surface area contributed by atoms with E-state index in [1.807, 2.05) is 16.8 Å². The molecule has 0 saturated carbocycles. The van der Waals surface area contributed by atoms with Crippen molar-refractivity contribution in [2.75, 3.05) is 32.6 Å². The van der Waals surface area contributed by atoms with Crippen LogP contribution >= 0.6 is 0 Å². The Labute approximate surface area is 143 Å². The number of nitrogen functional groups attached to an aromatic ring is 1. The van der Waals surface area contributed by atoms with Crippen molar-refractivity contribution in [2.24, 2.45) is 0 Å². The molecule has 0 unspecified atom stereocenters. The number of nitrogens with zero attached hydrogens (tertiary/aromatic N) is 1. The van der Waals surface area contributed by atoms with Crippen LogP contribution in [0.3, 0.4) is 0 Å². The molecular formula is C15H20InN3O4. The van der Waals surface area contributed by atoms with Crippen molar-refractivity contribution in [3.63, 3.8) is 0 Å². The van der Waals surface area contributed by atoms with E-state index in [9.17, 15) is 4.79 Å². The zero-order valence-electron chi connectivity index (χ0n) is 13.2. The van der Waals surface area contributed by atoms with Crippen LogP contribution in [-0.2, 0) is 9.47 Å². The van der Waals surface area contributed by atoms with Crippen LogP contribution in [0.5, 0.6) is 5.75 Å². The Bertz CT molecular complexity index is 618. The van der Waals surface area contributed by atoms with E-state index in [0.29, 0.717) is 40.7 Å². The van der Waals surface area contributed by atoms with E-state index in [4.69, 9.17) is 19.9 Å². The van der Waals surface area contributed by atoms with Gasteiger partial charge in [0.15, 0.2) is 0 Å². The molecule has 2 rings (SSSR count). The van der Waals surface area contributed by atoms with Crippen molar-refractivity contribution in [3.05, 3.63) is 37.5 Å². The molecule has 7 nitrogen and oxygen atoms in total. The van der Waals surface area contributed by atoms with E-state index < -0.39 is 21.4 Å². The molecule has 0 spiro atoms. The van der Waals surface area contributed by atoms with Crippen LogP contribution in [0.2, 0.25) is 0 Å². The number of hydrogen-bond donors (Lipinski definition) is 2. The third-order valence-corrected chi connectivity index (χ3v) is 10.0. The van der Waals surface area contributed by atoms with Crippen LogP contribution < -0.4 is 15.8 Å². The van der Waals surface area contributed by atoms with Crippen molar-refractivity contribution in [2.45, 2.75) is 6.92 Å². The zero-order valence-corrected chi connectivity index (χ0v) is 16.5. The molecule has 1 aromatic rings. The van der Waals surface area contributed by atoms with Gasteiger partial charge >= 0.3 is 143 Å². The first kappa shape index (κ1) is 17.7. The molecule has 1 amide bonds. The fraction of sp³-hybridized carbons (Fsp3) is 0.333. The van der Waals surface area contributed by atoms with Gasteiger partial charge in [0, 0.05) is 0 Å². The van der Waals surface area contributed by atoms with Gasteiger partial charge in [-0.25, -0.2) is 0 Å². The minimum absolute atomic E-state index is 0.0310. The Kier molecular flexibility index (Phi) is 6.79. The van der Waals surface area contributed by atoms with E-state index in [1.165, 1.54) is 0 Å². The molecule has 1 aromatic heterocycles. The molecule has 0 radical (unpaired) electrons. The van der Waals surface area contributed by atoms with E-state index in [-0.39, 0.29) is 3.66 Å². The van der Waals surface area contributed by atoms with Crippen LogP contribution in [0.4, 0.5) is 10.6 Å². The van der Waals surface area contributed by atoms with Gasteiger partial charge in [-0.15, -0.1) is 0 Å². The van der Waals surface area contributed by atoms with Crippen LogP contribution in [0.1, 0.15) is 6.92 Å². The number of carbonyl (C=O) groups is 1. The molecule has 2 heterocycles. The number of nitrogens with one attached hydrogen (secondary N) is 1. The fourth-order valence-electron chi connectivity index (χ4n) is 2.07. The monoisotopic (exact) mass is 421 g/mol. The molecule has 0 saturated heterocycles. The Hall–Kier alpha value is -1.67. The molecule has 0 bridgehead atoms. The van der Waals surface area contributed by atoms with Gasteiger partial charge in [-0.1, -0.05) is 0 Å². The summed E-state index contributed by atoms with van der Waals surface area (Å²) in [7, 11) is 1.63. The Balaban J connectivity index is 2.16. The second-order valence-electron chi connectivity index (χ2n) is 4.74. The van der Waals surface area contributed by atoms with E-state index in [2.05, 4.69) is 10.3 Å². The van der Waals surface area contributed by atoms with Crippen LogP contribution in [0.25, 0.3) is 0 Å². The maximum atomic E-state index is 12.1. The summed E-state index contributed by atoms with van der Waals surface area (Å²) in [5.41, 5.74) is 5.67. The number of nitrogens with two attached hydrogens (primary N) is 1. The van der Waals surface area contributed by atoms with Crippen LogP contribution in [-0.4, -0.2) is 57.0 Å². The molecule has 1 aliphatic rings. The molecule has 122 valence electrons. The van der Waals surface area contributed by atoms with Crippen LogP contribution in [0, 0.1) is 0 Å². The number of ether oxygens (including phenoxy) is 3. The van der Waals surface area contributed by atoms with E-state index in [0.717, 1.165) is 0 Å². The zero-order chi connectivity index (χ0) is 16.7. The summed E-state index contributed by atoms with van der Waals surface area (Å²) >= 11 is -2.88. The maximum absolute atomic E-state index is 12.1. The van der Waals surface area contributed by atoms with E-state index >= 15 is 0 Å². The van der Waals surface area contributed by atoms with Gasteiger partial charge in [-0.2, -0.15) is 0 Å². The second-order valence-corrected chi connectivity index (χ2v) is 11.6. The molecule has 23 heavy (non-hydrogen) atoms. The number of allylic oxidation sites excluding steroid dienone is 1. The first-order valence-corrected chi connectivity index (χ1v) is 12.6. The fourth-order valence-corrected chi connectivity index (χ4v) is 7.83. The molecule has 1 aliphatic heterocycles. The average molecular weight is 421 g/mol. The number of rotatable bonds is 8. The van der Waals surface area contributed by atoms with Gasteiger partial charge < -0.3 is 0 Å². The number of anilines is 1. The Morgan fingerprint density at radius 1 is 1.43 bits per heavy atom. The summed E-state index contributed by atoms with van der Waals surface area (Å²) in [6, 6.07) is 3.32. The minimum atomic E-state index is -2.88. The third-order valence-electron chi connectivity index (χ3n) is 3.16. The second kappa shape index (κ2) is 8.83. The van der Waals surface area contributed by atoms with E-state index in [1.54, 1.807) is 25.4 Å². The SMILES string of the molecule is CCOCCOC1=[C](Oc2ccnc(N)c2)[In]([C](=O)NC)[CH]=C1. The number of pyridine rings is 1. The summed E-state index contributed by atoms with van der Waals surface area (Å²) in [6.45, 7) is 3.46. The van der Waals surface area contributed by atoms with Crippen molar-refractivity contribution >= 4 is 30.9 Å². The summed E-state index contributed by atoms with van der Waals surface area (Å²) in [4.78, 5) is 16.0. The first-order chi connectivity index (χ1) is 11.2. The average Bonchev–Trinajstić information content (AvgIpc) is 2.93. The van der Waals surface area contributed by atoms with Gasteiger partial charge in [0.05, 0.1) is 0 Å². The molecule has 0 aliphatic carbocycles. The topological polar surface area (TPSA) is 95.7 Å². The molecule has 0 aromatic carbocycles. The predicted molar refractivity (Wildman–Crippen MR) is 88.1 cm³/mol. The summed E-state index contributed by atoms with van der Waals surface area (Å²) < 4.78 is 19.5. The Morgan fingerprint density at radius 2 is 2.26 bits per heavy atom. The predicted octanol–water partition coefficient (Wildman–Crippen LogP) is 1.37. The first-order valence-electron chi connectivity index (χ1n) is 7.39. The molecule has 0 atom stereocenters. The number of hydrogen-bond acceptors (Lipinski definition) is 6. The number of amides is 1. The van der Waals surface area contributed by atoms with Crippen molar-refractivity contribution in [1.29, 1.82) is 0 Å². The standard InChI is InChI=1S/C13H16N2O3.C2H4NO.In/c1-3-11(17-8-7-16-4-2)10-18-12-5-6-15-13(14)9-12;1-3-2-4;/h1,3,5-6,9H,4,7-8H2,2H3,(H2,14,15);1H3,(H,3,4);. The third kappa shape index (κ3) is 4.90. The summed E-state index contributed by atoms with van der Waals surface area (Å²) in [5, 5.41) is 2.70. The molecular weight excluding hydrogens is 401 g/mol. The van der Waals surface area contributed by atoms with Gasteiger partial charge in [-0.05, 0) is 0 Å². The molecule has 3 N–H and O–H groups in total. The molecule has 0 fully saturated rings. The van der Waals surface area contributed by atoms with Gasteiger partial charge in [0.1, 0.15) is 0 Å². The number of aromatic nitrogens is 1. The summed E-state index contributed by atoms with van der Waals surface area (Å²) in [6.07, 6.45) is 3.38. The van der Waals surface area contributed by atoms with Crippen molar-refractivity contribution in [3.8, 4) is 5.75 Å². The quantitative estimate of drug-likeness (QED) is 0.616. The van der Waals surface area contributed by atoms with Crippen molar-refractivity contribution < 1.29 is 19.0 Å². The number of carbonyl (C=O) groups excluding carboxylic acids is 1.